The Kier molecular flexibility index (Phi) is 4.91. The molecule has 19 heavy (non-hydrogen) atoms. The van der Waals surface area contributed by atoms with Crippen LogP contribution >= 0.6 is 27.5 Å². The van der Waals surface area contributed by atoms with Crippen molar-refractivity contribution >= 4 is 27.5 Å². The zero-order chi connectivity index (χ0) is 13.8. The first-order valence-electron chi connectivity index (χ1n) is 5.76. The average molecular weight is 345 g/mol. The predicted molar refractivity (Wildman–Crippen MR) is 76.8 cm³/mol. The highest BCUT2D eigenvalue weighted by Crippen LogP contribution is 2.21. The highest BCUT2D eigenvalue weighted by molar-refractivity contribution is 9.10. The van der Waals surface area contributed by atoms with Gasteiger partial charge in [-0.05, 0) is 39.7 Å². The molecule has 0 aliphatic carbocycles. The van der Waals surface area contributed by atoms with Gasteiger partial charge in [-0.15, -0.1) is 0 Å². The second-order valence-electron chi connectivity index (χ2n) is 4.27. The first kappa shape index (κ1) is 14.4. The molecule has 2 aromatic rings. The van der Waals surface area contributed by atoms with Crippen LogP contribution in [0.4, 0.5) is 4.39 Å². The van der Waals surface area contributed by atoms with Gasteiger partial charge in [0, 0.05) is 40.3 Å². The first-order valence-corrected chi connectivity index (χ1v) is 6.93. The molecular weight excluding hydrogens is 333 g/mol. The summed E-state index contributed by atoms with van der Waals surface area (Å²) in [6.45, 7) is 0. The lowest BCUT2D eigenvalue weighted by atomic mass is 10.0. The summed E-state index contributed by atoms with van der Waals surface area (Å²) in [7, 11) is 0. The maximum Gasteiger partial charge on any atom is 0.127 e. The van der Waals surface area contributed by atoms with Gasteiger partial charge in [-0.2, -0.15) is 0 Å². The Bertz CT molecular complexity index is 559. The van der Waals surface area contributed by atoms with E-state index in [0.717, 1.165) is 10.0 Å². The van der Waals surface area contributed by atoms with E-state index < -0.39 is 6.10 Å². The highest BCUT2D eigenvalue weighted by atomic mass is 79.9. The minimum absolute atomic E-state index is 0.179. The monoisotopic (exact) mass is 343 g/mol. The standard InChI is InChI=1S/C14H12BrClFNO/c15-10-4-9(7-18-8-10)5-11(19)6-12-13(16)2-1-3-14(12)17/h1-4,7-8,11,19H,5-6H2. The first-order chi connectivity index (χ1) is 9.06. The number of benzene rings is 1. The molecule has 0 saturated carbocycles. The second-order valence-corrected chi connectivity index (χ2v) is 5.60. The van der Waals surface area contributed by atoms with Crippen molar-refractivity contribution in [2.75, 3.05) is 0 Å². The van der Waals surface area contributed by atoms with Crippen molar-refractivity contribution in [1.29, 1.82) is 0 Å². The molecule has 1 unspecified atom stereocenters. The van der Waals surface area contributed by atoms with Crippen LogP contribution < -0.4 is 0 Å². The molecule has 0 bridgehead atoms. The molecule has 2 rings (SSSR count). The van der Waals surface area contributed by atoms with Crippen LogP contribution in [0.25, 0.3) is 0 Å². The summed E-state index contributed by atoms with van der Waals surface area (Å²) in [5, 5.41) is 10.4. The Morgan fingerprint density at radius 2 is 2.11 bits per heavy atom. The lowest BCUT2D eigenvalue weighted by Crippen LogP contribution is -2.15. The molecule has 0 aliphatic heterocycles. The molecule has 1 heterocycles. The smallest absolute Gasteiger partial charge is 0.127 e. The normalized spacial score (nSPS) is 12.4. The van der Waals surface area contributed by atoms with E-state index in [1.165, 1.54) is 6.07 Å². The molecule has 0 amide bonds. The molecule has 0 aliphatic rings. The van der Waals surface area contributed by atoms with Crippen LogP contribution in [0.1, 0.15) is 11.1 Å². The SMILES string of the molecule is OC(Cc1cncc(Br)c1)Cc1c(F)cccc1Cl. The summed E-state index contributed by atoms with van der Waals surface area (Å²) >= 11 is 9.25. The average Bonchev–Trinajstić information content (AvgIpc) is 2.34. The minimum Gasteiger partial charge on any atom is -0.392 e. The fourth-order valence-electron chi connectivity index (χ4n) is 1.87. The molecule has 0 saturated heterocycles. The van der Waals surface area contributed by atoms with Gasteiger partial charge in [0.15, 0.2) is 0 Å². The van der Waals surface area contributed by atoms with E-state index in [9.17, 15) is 9.50 Å². The van der Waals surface area contributed by atoms with Gasteiger partial charge in [-0.1, -0.05) is 17.7 Å². The van der Waals surface area contributed by atoms with Crippen LogP contribution in [0.3, 0.4) is 0 Å². The summed E-state index contributed by atoms with van der Waals surface area (Å²) in [4.78, 5) is 4.02. The second kappa shape index (κ2) is 6.46. The van der Waals surface area contributed by atoms with E-state index in [1.807, 2.05) is 6.07 Å². The summed E-state index contributed by atoms with van der Waals surface area (Å²) in [5.74, 6) is -0.390. The molecule has 5 heteroatoms. The van der Waals surface area contributed by atoms with Crippen LogP contribution in [0, 0.1) is 5.82 Å². The van der Waals surface area contributed by atoms with Gasteiger partial charge in [0.1, 0.15) is 5.82 Å². The fraction of sp³-hybridized carbons (Fsp3) is 0.214. The number of hydrogen-bond donors (Lipinski definition) is 1. The van der Waals surface area contributed by atoms with Crippen molar-refractivity contribution in [3.8, 4) is 0 Å². The maximum atomic E-state index is 13.6. The van der Waals surface area contributed by atoms with E-state index in [2.05, 4.69) is 20.9 Å². The van der Waals surface area contributed by atoms with Crippen LogP contribution in [-0.4, -0.2) is 16.2 Å². The molecule has 100 valence electrons. The number of nitrogens with zero attached hydrogens (tertiary/aromatic N) is 1. The molecule has 1 aromatic heterocycles. The number of hydrogen-bond acceptors (Lipinski definition) is 2. The fourth-order valence-corrected chi connectivity index (χ4v) is 2.53. The molecule has 0 radical (unpaired) electrons. The Hall–Kier alpha value is -0.970. The van der Waals surface area contributed by atoms with Crippen LogP contribution in [-0.2, 0) is 12.8 Å². The third kappa shape index (κ3) is 4.00. The van der Waals surface area contributed by atoms with Crippen molar-refractivity contribution in [2.45, 2.75) is 18.9 Å². The molecule has 1 aromatic carbocycles. The number of halogens is 3. The number of pyridine rings is 1. The van der Waals surface area contributed by atoms with E-state index in [0.29, 0.717) is 17.0 Å². The lowest BCUT2D eigenvalue weighted by molar-refractivity contribution is 0.174. The Balaban J connectivity index is 2.07. The largest absolute Gasteiger partial charge is 0.392 e. The van der Waals surface area contributed by atoms with Gasteiger partial charge in [0.2, 0.25) is 0 Å². The molecule has 2 nitrogen and oxygen atoms in total. The predicted octanol–water partition coefficient (Wildman–Crippen LogP) is 3.78. The van der Waals surface area contributed by atoms with E-state index >= 15 is 0 Å². The van der Waals surface area contributed by atoms with Crippen molar-refractivity contribution < 1.29 is 9.50 Å². The number of aromatic nitrogens is 1. The zero-order valence-electron chi connectivity index (χ0n) is 9.98. The van der Waals surface area contributed by atoms with Crippen molar-refractivity contribution in [2.24, 2.45) is 0 Å². The molecule has 1 N–H and O–H groups in total. The van der Waals surface area contributed by atoms with Crippen LogP contribution in [0.2, 0.25) is 5.02 Å². The van der Waals surface area contributed by atoms with Crippen molar-refractivity contribution in [3.63, 3.8) is 0 Å². The van der Waals surface area contributed by atoms with Crippen molar-refractivity contribution in [1.82, 2.24) is 4.98 Å². The topological polar surface area (TPSA) is 33.1 Å². The van der Waals surface area contributed by atoms with Crippen LogP contribution in [0.15, 0.2) is 41.1 Å². The summed E-state index contributed by atoms with van der Waals surface area (Å²) < 4.78 is 14.4. The van der Waals surface area contributed by atoms with Gasteiger partial charge in [0.05, 0.1) is 6.10 Å². The van der Waals surface area contributed by atoms with Gasteiger partial charge in [-0.25, -0.2) is 4.39 Å². The Morgan fingerprint density at radius 1 is 1.32 bits per heavy atom. The number of aliphatic hydroxyl groups is 1. The summed E-state index contributed by atoms with van der Waals surface area (Å²) in [6, 6.07) is 6.38. The maximum absolute atomic E-state index is 13.6. The third-order valence-electron chi connectivity index (χ3n) is 2.73. The molecule has 0 fully saturated rings. The van der Waals surface area contributed by atoms with E-state index in [1.54, 1.807) is 24.5 Å². The molecule has 1 atom stereocenters. The Labute approximate surface area is 124 Å². The lowest BCUT2D eigenvalue weighted by Gasteiger charge is -2.12. The minimum atomic E-state index is -0.703. The van der Waals surface area contributed by atoms with E-state index in [4.69, 9.17) is 11.6 Å². The van der Waals surface area contributed by atoms with Gasteiger partial charge < -0.3 is 5.11 Å². The number of aliphatic hydroxyl groups excluding tert-OH is 1. The van der Waals surface area contributed by atoms with Crippen molar-refractivity contribution in [3.05, 3.63) is 63.1 Å². The van der Waals surface area contributed by atoms with Gasteiger partial charge >= 0.3 is 0 Å². The molecule has 0 spiro atoms. The molecular formula is C14H12BrClFNO. The highest BCUT2D eigenvalue weighted by Gasteiger charge is 2.13. The van der Waals surface area contributed by atoms with Crippen LogP contribution in [0.5, 0.6) is 0 Å². The quantitative estimate of drug-likeness (QED) is 0.915. The van der Waals surface area contributed by atoms with E-state index in [-0.39, 0.29) is 12.2 Å². The zero-order valence-corrected chi connectivity index (χ0v) is 12.3. The number of rotatable bonds is 4. The van der Waals surface area contributed by atoms with Gasteiger partial charge in [-0.3, -0.25) is 4.98 Å². The van der Waals surface area contributed by atoms with Gasteiger partial charge in [0.25, 0.3) is 0 Å². The Morgan fingerprint density at radius 3 is 2.79 bits per heavy atom. The summed E-state index contributed by atoms with van der Waals surface area (Å²) in [6.07, 6.45) is 3.22. The third-order valence-corrected chi connectivity index (χ3v) is 3.52. The summed E-state index contributed by atoms with van der Waals surface area (Å²) in [5.41, 5.74) is 1.23.